The number of amides is 1. The topological polar surface area (TPSA) is 38.3 Å². The zero-order valence-electron chi connectivity index (χ0n) is 13.3. The molecule has 3 nitrogen and oxygen atoms in total. The highest BCUT2D eigenvalue weighted by Crippen LogP contribution is 2.47. The van der Waals surface area contributed by atoms with Gasteiger partial charge in [-0.25, -0.2) is 0 Å². The lowest BCUT2D eigenvalue weighted by atomic mass is 10.1. The molecule has 1 saturated carbocycles. The van der Waals surface area contributed by atoms with Gasteiger partial charge in [0, 0.05) is 19.1 Å². The molecule has 0 radical (unpaired) electrons. The third-order valence-electron chi connectivity index (χ3n) is 3.86. The van der Waals surface area contributed by atoms with E-state index in [9.17, 15) is 18.0 Å². The molecule has 1 fully saturated rings. The quantitative estimate of drug-likeness (QED) is 0.774. The Hall–Kier alpha value is -1.56. The third kappa shape index (κ3) is 5.23. The summed E-state index contributed by atoms with van der Waals surface area (Å²) in [5.41, 5.74) is 0.134. The number of halogens is 3. The highest BCUT2D eigenvalue weighted by atomic mass is 19.4. The molecule has 1 aliphatic carbocycles. The van der Waals surface area contributed by atoms with Crippen LogP contribution >= 0.6 is 0 Å². The molecule has 0 saturated heterocycles. The summed E-state index contributed by atoms with van der Waals surface area (Å²) in [7, 11) is 0. The minimum Gasteiger partial charge on any atom is -0.379 e. The van der Waals surface area contributed by atoms with E-state index in [0.29, 0.717) is 19.6 Å². The van der Waals surface area contributed by atoms with Crippen LogP contribution in [0.15, 0.2) is 24.3 Å². The van der Waals surface area contributed by atoms with E-state index in [2.05, 4.69) is 5.32 Å². The maximum atomic E-state index is 12.5. The number of benzene rings is 1. The zero-order chi connectivity index (χ0) is 17.0. The van der Waals surface area contributed by atoms with Crippen molar-refractivity contribution < 1.29 is 22.7 Å². The molecular weight excluding hydrogens is 307 g/mol. The van der Waals surface area contributed by atoms with Crippen LogP contribution in [-0.2, 0) is 15.7 Å². The molecule has 1 aliphatic rings. The summed E-state index contributed by atoms with van der Waals surface area (Å²) in [5, 5.41) is 2.85. The van der Waals surface area contributed by atoms with Crippen molar-refractivity contribution in [1.82, 2.24) is 5.32 Å². The summed E-state index contributed by atoms with van der Waals surface area (Å²) in [6.45, 7) is 5.07. The minimum absolute atomic E-state index is 0.0283. The fourth-order valence-electron chi connectivity index (χ4n) is 2.51. The van der Waals surface area contributed by atoms with Gasteiger partial charge in [-0.2, -0.15) is 13.2 Å². The lowest BCUT2D eigenvalue weighted by Gasteiger charge is -2.09. The number of ether oxygens (including phenoxy) is 1. The summed E-state index contributed by atoms with van der Waals surface area (Å²) in [5.74, 6) is -0.124. The second kappa shape index (κ2) is 7.34. The van der Waals surface area contributed by atoms with E-state index in [-0.39, 0.29) is 23.8 Å². The van der Waals surface area contributed by atoms with Gasteiger partial charge >= 0.3 is 6.18 Å². The van der Waals surface area contributed by atoms with Crippen molar-refractivity contribution in [3.05, 3.63) is 35.4 Å². The fourth-order valence-corrected chi connectivity index (χ4v) is 2.51. The number of hydrogen-bond donors (Lipinski definition) is 1. The summed E-state index contributed by atoms with van der Waals surface area (Å²) in [4.78, 5) is 12.0. The van der Waals surface area contributed by atoms with Crippen molar-refractivity contribution in [2.75, 3.05) is 13.2 Å². The first-order valence-corrected chi connectivity index (χ1v) is 7.85. The van der Waals surface area contributed by atoms with Gasteiger partial charge in [0.15, 0.2) is 0 Å². The van der Waals surface area contributed by atoms with Gasteiger partial charge in [-0.1, -0.05) is 12.1 Å². The van der Waals surface area contributed by atoms with Crippen LogP contribution in [0, 0.1) is 5.92 Å². The van der Waals surface area contributed by atoms with E-state index >= 15 is 0 Å². The first-order valence-electron chi connectivity index (χ1n) is 7.85. The molecule has 1 N–H and O–H groups in total. The van der Waals surface area contributed by atoms with Crippen molar-refractivity contribution in [2.24, 2.45) is 5.92 Å². The Balaban J connectivity index is 1.75. The van der Waals surface area contributed by atoms with Crippen LogP contribution in [0.25, 0.3) is 0 Å². The smallest absolute Gasteiger partial charge is 0.379 e. The Morgan fingerprint density at radius 3 is 2.52 bits per heavy atom. The molecule has 0 aliphatic heterocycles. The highest BCUT2D eigenvalue weighted by Gasteiger charge is 2.44. The van der Waals surface area contributed by atoms with Crippen molar-refractivity contribution in [3.8, 4) is 0 Å². The van der Waals surface area contributed by atoms with Gasteiger partial charge in [0.25, 0.3) is 0 Å². The first kappa shape index (κ1) is 17.8. The van der Waals surface area contributed by atoms with Crippen LogP contribution in [0.1, 0.15) is 43.7 Å². The SMILES string of the molecule is CC(C)OCCCNC(=O)C1CC1c1ccc(C(F)(F)F)cc1. The number of carbonyl (C=O) groups excluding carboxylic acids is 1. The first-order chi connectivity index (χ1) is 10.8. The van der Waals surface area contributed by atoms with Gasteiger partial charge in [0.1, 0.15) is 0 Å². The molecule has 1 aromatic rings. The minimum atomic E-state index is -4.32. The lowest BCUT2D eigenvalue weighted by molar-refractivity contribution is -0.137. The molecule has 23 heavy (non-hydrogen) atoms. The Morgan fingerprint density at radius 1 is 1.30 bits per heavy atom. The standard InChI is InChI=1S/C17H22F3NO2/c1-11(2)23-9-3-8-21-16(22)15-10-14(15)12-4-6-13(7-5-12)17(18,19)20/h4-7,11,14-15H,3,8-10H2,1-2H3,(H,21,22). The van der Waals surface area contributed by atoms with E-state index in [1.807, 2.05) is 13.8 Å². The van der Waals surface area contributed by atoms with Crippen LogP contribution in [0.3, 0.4) is 0 Å². The van der Waals surface area contributed by atoms with E-state index in [0.717, 1.165) is 24.1 Å². The molecule has 6 heteroatoms. The van der Waals surface area contributed by atoms with Gasteiger partial charge in [0.2, 0.25) is 5.91 Å². The number of hydrogen-bond acceptors (Lipinski definition) is 2. The fraction of sp³-hybridized carbons (Fsp3) is 0.588. The van der Waals surface area contributed by atoms with Crippen LogP contribution in [-0.4, -0.2) is 25.2 Å². The lowest BCUT2D eigenvalue weighted by Crippen LogP contribution is -2.27. The van der Waals surface area contributed by atoms with Crippen LogP contribution in [0.5, 0.6) is 0 Å². The summed E-state index contributed by atoms with van der Waals surface area (Å²) in [6.07, 6.45) is -2.70. The maximum absolute atomic E-state index is 12.5. The Kier molecular flexibility index (Phi) is 5.68. The van der Waals surface area contributed by atoms with Gasteiger partial charge in [-0.3, -0.25) is 4.79 Å². The summed E-state index contributed by atoms with van der Waals surface area (Å²) >= 11 is 0. The van der Waals surface area contributed by atoms with Gasteiger partial charge in [-0.05, 0) is 50.3 Å². The summed E-state index contributed by atoms with van der Waals surface area (Å²) in [6, 6.07) is 5.09. The van der Waals surface area contributed by atoms with E-state index in [1.54, 1.807) is 0 Å². The second-order valence-electron chi connectivity index (χ2n) is 6.13. The molecule has 1 aromatic carbocycles. The molecule has 0 aromatic heterocycles. The Labute approximate surface area is 134 Å². The predicted octanol–water partition coefficient (Wildman–Crippen LogP) is 3.74. The number of nitrogens with one attached hydrogen (secondary N) is 1. The van der Waals surface area contributed by atoms with Crippen molar-refractivity contribution >= 4 is 5.91 Å². The Morgan fingerprint density at radius 2 is 1.96 bits per heavy atom. The molecule has 0 heterocycles. The molecule has 0 spiro atoms. The third-order valence-corrected chi connectivity index (χ3v) is 3.86. The summed E-state index contributed by atoms with van der Waals surface area (Å²) < 4.78 is 42.9. The van der Waals surface area contributed by atoms with Crippen LogP contribution < -0.4 is 5.32 Å². The van der Waals surface area contributed by atoms with Crippen molar-refractivity contribution in [2.45, 2.75) is 44.9 Å². The molecule has 2 rings (SSSR count). The molecule has 0 bridgehead atoms. The number of alkyl halides is 3. The second-order valence-corrected chi connectivity index (χ2v) is 6.13. The number of carbonyl (C=O) groups is 1. The van der Waals surface area contributed by atoms with E-state index < -0.39 is 11.7 Å². The monoisotopic (exact) mass is 329 g/mol. The largest absolute Gasteiger partial charge is 0.416 e. The zero-order valence-corrected chi connectivity index (χ0v) is 13.3. The van der Waals surface area contributed by atoms with E-state index in [1.165, 1.54) is 12.1 Å². The van der Waals surface area contributed by atoms with Gasteiger partial charge in [0.05, 0.1) is 11.7 Å². The van der Waals surface area contributed by atoms with E-state index in [4.69, 9.17) is 4.74 Å². The molecule has 1 amide bonds. The van der Waals surface area contributed by atoms with Gasteiger partial charge in [-0.15, -0.1) is 0 Å². The predicted molar refractivity (Wildman–Crippen MR) is 81.0 cm³/mol. The van der Waals surface area contributed by atoms with Crippen LogP contribution in [0.4, 0.5) is 13.2 Å². The molecule has 2 atom stereocenters. The maximum Gasteiger partial charge on any atom is 0.416 e. The number of rotatable bonds is 7. The van der Waals surface area contributed by atoms with Crippen molar-refractivity contribution in [1.29, 1.82) is 0 Å². The average Bonchev–Trinajstić information content (AvgIpc) is 3.26. The average molecular weight is 329 g/mol. The molecule has 2 unspecified atom stereocenters. The molecular formula is C17H22F3NO2. The van der Waals surface area contributed by atoms with Crippen molar-refractivity contribution in [3.63, 3.8) is 0 Å². The van der Waals surface area contributed by atoms with Gasteiger partial charge < -0.3 is 10.1 Å². The Bertz CT molecular complexity index is 526. The highest BCUT2D eigenvalue weighted by molar-refractivity contribution is 5.82. The normalized spacial score (nSPS) is 20.6. The molecule has 128 valence electrons. The van der Waals surface area contributed by atoms with Crippen LogP contribution in [0.2, 0.25) is 0 Å².